The molecule has 2 aliphatic carbocycles. The Morgan fingerprint density at radius 2 is 1.69 bits per heavy atom. The summed E-state index contributed by atoms with van der Waals surface area (Å²) in [6, 6.07) is 23.5. The Kier molecular flexibility index (Phi) is 9.78. The number of β-lactam (4-membered cyclic amide) rings is 1. The number of thiazole rings is 1. The van der Waals surface area contributed by atoms with Crippen LogP contribution >= 0.6 is 11.3 Å². The van der Waals surface area contributed by atoms with Gasteiger partial charge in [0.2, 0.25) is 18.2 Å². The number of fused-ring (bicyclic) bond motifs is 1. The number of nitrogens with zero attached hydrogens (tertiary/aromatic N) is 6. The molecular weight excluding hydrogens is 765 g/mol. The molecule has 4 amide bonds. The maximum atomic E-state index is 15.5. The Bertz CT molecular complexity index is 2360. The lowest BCUT2D eigenvalue weighted by Gasteiger charge is -2.58. The fourth-order valence-electron chi connectivity index (χ4n) is 9.92. The fraction of sp³-hybridized carbons (Fsp3) is 0.413. The van der Waals surface area contributed by atoms with Gasteiger partial charge in [0.1, 0.15) is 29.3 Å². The number of carbonyl (C=O) groups is 5. The molecule has 0 radical (unpaired) electrons. The molecule has 2 saturated carbocycles. The number of carbonyl (C=O) groups excluding carboxylic acids is 5. The van der Waals surface area contributed by atoms with E-state index in [2.05, 4.69) is 31.8 Å². The minimum absolute atomic E-state index is 0.0113. The maximum absolute atomic E-state index is 15.5. The van der Waals surface area contributed by atoms with Crippen molar-refractivity contribution in [2.45, 2.75) is 96.7 Å². The molecule has 1 spiro atoms. The highest BCUT2D eigenvalue weighted by Crippen LogP contribution is 2.99. The van der Waals surface area contributed by atoms with Crippen LogP contribution < -0.4 is 0 Å². The molecule has 0 N–H and O–H groups in total. The van der Waals surface area contributed by atoms with E-state index in [0.29, 0.717) is 24.0 Å². The number of hydroxylamine groups is 2. The number of aromatic nitrogens is 1. The first-order valence-corrected chi connectivity index (χ1v) is 21.1. The number of piperidine rings is 1. The van der Waals surface area contributed by atoms with E-state index in [4.69, 9.17) is 4.84 Å². The molecule has 2 aliphatic heterocycles. The second kappa shape index (κ2) is 14.4. The van der Waals surface area contributed by atoms with Gasteiger partial charge in [0.05, 0.1) is 23.2 Å². The first-order chi connectivity index (χ1) is 28.2. The molecule has 12 nitrogen and oxygen atoms in total. The lowest BCUT2D eigenvalue weighted by Crippen LogP contribution is -2.76. The average molecular weight is 813 g/mol. The zero-order valence-electron chi connectivity index (χ0n) is 34.2. The van der Waals surface area contributed by atoms with Crippen LogP contribution in [-0.4, -0.2) is 72.6 Å². The van der Waals surface area contributed by atoms with Gasteiger partial charge in [-0.05, 0) is 46.6 Å². The largest absolute Gasteiger partial charge is 0.355 e. The first kappa shape index (κ1) is 39.9. The molecule has 4 aromatic rings. The van der Waals surface area contributed by atoms with E-state index in [9.17, 15) is 14.9 Å². The van der Waals surface area contributed by atoms with E-state index >= 15 is 14.4 Å². The molecule has 13 heteroatoms. The SMILES string of the molecule is CCC(C)C(C(=O)ON(C=O)Cc1ccccc1)N1C(=O)[C@@]23C(c4nccs4)[C@H]2[C@@]13N1C(=O)C(C(C)C)N(C(=O)c2ccc(C(C)(C)C)cc2)[C@H]1c1ccccc1C#N. The zero-order chi connectivity index (χ0) is 42.2. The molecule has 304 valence electrons. The van der Waals surface area contributed by atoms with Crippen molar-refractivity contribution in [3.8, 4) is 6.07 Å². The van der Waals surface area contributed by atoms with Gasteiger partial charge in [0.25, 0.3) is 5.91 Å². The summed E-state index contributed by atoms with van der Waals surface area (Å²) < 4.78 is 0. The smallest absolute Gasteiger partial charge is 0.336 e. The number of hydrogen-bond acceptors (Lipinski definition) is 9. The van der Waals surface area contributed by atoms with Gasteiger partial charge in [-0.15, -0.1) is 11.3 Å². The van der Waals surface area contributed by atoms with Crippen LogP contribution in [0.1, 0.15) is 105 Å². The molecule has 1 aromatic heterocycles. The lowest BCUT2D eigenvalue weighted by atomic mass is 9.79. The van der Waals surface area contributed by atoms with Gasteiger partial charge < -0.3 is 14.6 Å². The highest BCUT2D eigenvalue weighted by atomic mass is 32.1. The van der Waals surface area contributed by atoms with Crippen molar-refractivity contribution in [1.29, 1.82) is 5.26 Å². The van der Waals surface area contributed by atoms with Crippen LogP contribution in [0.3, 0.4) is 0 Å². The third-order valence-corrected chi connectivity index (χ3v) is 13.8. The summed E-state index contributed by atoms with van der Waals surface area (Å²) in [5, 5.41) is 14.0. The van der Waals surface area contributed by atoms with Crippen molar-refractivity contribution in [3.05, 3.63) is 123 Å². The van der Waals surface area contributed by atoms with Crippen molar-refractivity contribution in [1.82, 2.24) is 24.7 Å². The maximum Gasteiger partial charge on any atom is 0.355 e. The number of hydrogen-bond donors (Lipinski definition) is 0. The summed E-state index contributed by atoms with van der Waals surface area (Å²) in [4.78, 5) is 87.7. The van der Waals surface area contributed by atoms with Crippen LogP contribution in [0, 0.1) is 34.5 Å². The van der Waals surface area contributed by atoms with E-state index in [0.717, 1.165) is 21.2 Å². The predicted molar refractivity (Wildman–Crippen MR) is 218 cm³/mol. The van der Waals surface area contributed by atoms with Crippen molar-refractivity contribution in [2.24, 2.45) is 23.2 Å². The summed E-state index contributed by atoms with van der Waals surface area (Å²) in [6.45, 7) is 13.8. The molecular formula is C46H48N6O6S. The minimum atomic E-state index is -1.36. The summed E-state index contributed by atoms with van der Waals surface area (Å²) in [5.41, 5.74) is 0.230. The normalized spacial score (nSPS) is 26.3. The quantitative estimate of drug-likeness (QED) is 0.0815. The Labute approximate surface area is 348 Å². The Morgan fingerprint density at radius 1 is 1.02 bits per heavy atom. The molecule has 8 atom stereocenters. The number of rotatable bonds is 13. The van der Waals surface area contributed by atoms with Gasteiger partial charge in [-0.3, -0.25) is 24.1 Å². The lowest BCUT2D eigenvalue weighted by molar-refractivity contribution is -0.217. The van der Waals surface area contributed by atoms with Crippen molar-refractivity contribution < 1.29 is 28.8 Å². The third-order valence-electron chi connectivity index (χ3n) is 12.9. The van der Waals surface area contributed by atoms with Crippen LogP contribution in [0.4, 0.5) is 0 Å². The molecule has 2 saturated heterocycles. The van der Waals surface area contributed by atoms with Crippen LogP contribution in [0.25, 0.3) is 0 Å². The van der Waals surface area contributed by atoms with E-state index in [1.54, 1.807) is 64.5 Å². The number of nitriles is 1. The van der Waals surface area contributed by atoms with Crippen molar-refractivity contribution in [3.63, 3.8) is 0 Å². The first-order valence-electron chi connectivity index (χ1n) is 20.2. The highest BCUT2D eigenvalue weighted by molar-refractivity contribution is 7.09. The van der Waals surface area contributed by atoms with Gasteiger partial charge in [0.15, 0.2) is 0 Å². The summed E-state index contributed by atoms with van der Waals surface area (Å²) in [7, 11) is 0. The van der Waals surface area contributed by atoms with Gasteiger partial charge in [-0.25, -0.2) is 9.78 Å². The van der Waals surface area contributed by atoms with Crippen LogP contribution in [0.2, 0.25) is 0 Å². The average Bonchev–Trinajstić information content (AvgIpc) is 3.87. The van der Waals surface area contributed by atoms with E-state index in [1.807, 2.05) is 63.4 Å². The Balaban J connectivity index is 1.27. The number of likely N-dealkylation sites (tertiary alicyclic amines) is 1. The second-order valence-corrected chi connectivity index (χ2v) is 18.4. The molecule has 4 aliphatic rings. The molecule has 0 bridgehead atoms. The zero-order valence-corrected chi connectivity index (χ0v) is 35.1. The predicted octanol–water partition coefficient (Wildman–Crippen LogP) is 6.80. The fourth-order valence-corrected chi connectivity index (χ4v) is 10.8. The minimum Gasteiger partial charge on any atom is -0.336 e. The van der Waals surface area contributed by atoms with E-state index in [1.165, 1.54) is 16.2 Å². The third kappa shape index (κ3) is 5.74. The van der Waals surface area contributed by atoms with Gasteiger partial charge in [-0.1, -0.05) is 116 Å². The van der Waals surface area contributed by atoms with Crippen molar-refractivity contribution in [2.75, 3.05) is 0 Å². The molecule has 4 unspecified atom stereocenters. The van der Waals surface area contributed by atoms with Crippen LogP contribution in [0.15, 0.2) is 90.4 Å². The Morgan fingerprint density at radius 3 is 2.27 bits per heavy atom. The molecule has 59 heavy (non-hydrogen) atoms. The van der Waals surface area contributed by atoms with Gasteiger partial charge >= 0.3 is 5.97 Å². The molecule has 4 fully saturated rings. The molecule has 8 rings (SSSR count). The second-order valence-electron chi connectivity index (χ2n) is 17.5. The summed E-state index contributed by atoms with van der Waals surface area (Å²) >= 11 is 1.43. The van der Waals surface area contributed by atoms with E-state index < -0.39 is 53.0 Å². The topological polar surface area (TPSA) is 144 Å². The highest BCUT2D eigenvalue weighted by Gasteiger charge is 3.12. The standard InChI is InChI=1S/C46H48N6O6S/c1-8-28(4)36(42(56)58-49(26-53)25-29-14-10-9-11-15-29)51-43(57)45-34(38-48-22-23-59-38)37(45)46(45,51)52-39(33-17-13-12-16-31(33)24-47)50(35(27(2)3)41(52)55)40(54)30-18-20-32(21-19-30)44(5,6)7/h9-23,26-28,34-37,39H,8,25H2,1-7H3/t28?,34?,35?,36?,37-,39-,45-,46+/m1/s1. The Hall–Kier alpha value is -5.87. The summed E-state index contributed by atoms with van der Waals surface area (Å²) in [5.74, 6) is -3.50. The summed E-state index contributed by atoms with van der Waals surface area (Å²) in [6.07, 6.45) is 1.47. The van der Waals surface area contributed by atoms with E-state index in [-0.39, 0.29) is 41.2 Å². The van der Waals surface area contributed by atoms with Crippen LogP contribution in [-0.2, 0) is 36.0 Å². The van der Waals surface area contributed by atoms with Crippen LogP contribution in [0.5, 0.6) is 0 Å². The molecule has 3 aromatic carbocycles. The van der Waals surface area contributed by atoms with Gasteiger partial charge in [-0.2, -0.15) is 10.3 Å². The number of benzene rings is 3. The van der Waals surface area contributed by atoms with Gasteiger partial charge in [0, 0.05) is 34.5 Å². The number of amides is 4. The van der Waals surface area contributed by atoms with Crippen molar-refractivity contribution >= 4 is 41.4 Å². The molecule has 3 heterocycles. The monoisotopic (exact) mass is 812 g/mol.